The Hall–Kier alpha value is -2.28. The number of esters is 1. The molecule has 2 aromatic rings. The third-order valence-corrected chi connectivity index (χ3v) is 4.44. The summed E-state index contributed by atoms with van der Waals surface area (Å²) in [4.78, 5) is 24.5. The third-order valence-electron chi connectivity index (χ3n) is 3.70. The fraction of sp³-hybridized carbons (Fsp3) is 0.222. The van der Waals surface area contributed by atoms with Crippen LogP contribution in [0.4, 0.5) is 0 Å². The molecule has 0 bridgehead atoms. The monoisotopic (exact) mass is 397 g/mol. The average molecular weight is 398 g/mol. The maximum absolute atomic E-state index is 12.4. The topological polar surface area (TPSA) is 84.9 Å². The van der Waals surface area contributed by atoms with Crippen molar-refractivity contribution in [3.05, 3.63) is 63.6 Å². The van der Waals surface area contributed by atoms with Gasteiger partial charge in [0.1, 0.15) is 11.9 Å². The molecule has 8 heteroatoms. The number of halogens is 2. The third kappa shape index (κ3) is 4.66. The smallest absolute Gasteiger partial charge is 0.331 e. The Morgan fingerprint density at radius 1 is 1.04 bits per heavy atom. The summed E-state index contributed by atoms with van der Waals surface area (Å²) in [6.07, 6.45) is -1.32. The molecular formula is C18H17Cl2NO5. The molecule has 2 rings (SSSR count). The Labute approximate surface area is 160 Å². The lowest BCUT2D eigenvalue weighted by Crippen LogP contribution is -2.45. The second-order valence-electron chi connectivity index (χ2n) is 5.32. The summed E-state index contributed by atoms with van der Waals surface area (Å²) >= 11 is 11.7. The van der Waals surface area contributed by atoms with E-state index < -0.39 is 24.0 Å². The van der Waals surface area contributed by atoms with Gasteiger partial charge in [0.2, 0.25) is 0 Å². The van der Waals surface area contributed by atoms with Crippen molar-refractivity contribution in [2.24, 2.45) is 0 Å². The first-order chi connectivity index (χ1) is 12.4. The van der Waals surface area contributed by atoms with Gasteiger partial charge in [0, 0.05) is 5.56 Å². The number of aliphatic hydroxyl groups excluding tert-OH is 1. The first-order valence-corrected chi connectivity index (χ1v) is 8.28. The molecule has 1 amide bonds. The van der Waals surface area contributed by atoms with E-state index in [0.717, 1.165) is 0 Å². The fourth-order valence-electron chi connectivity index (χ4n) is 2.25. The second-order valence-corrected chi connectivity index (χ2v) is 6.14. The van der Waals surface area contributed by atoms with Crippen molar-refractivity contribution in [3.8, 4) is 5.75 Å². The molecule has 0 aliphatic heterocycles. The van der Waals surface area contributed by atoms with Gasteiger partial charge in [0.25, 0.3) is 5.91 Å². The Bertz CT molecular complexity index is 795. The van der Waals surface area contributed by atoms with Crippen molar-refractivity contribution >= 4 is 35.1 Å². The van der Waals surface area contributed by atoms with Crippen LogP contribution in [0.25, 0.3) is 0 Å². The number of ether oxygens (including phenoxy) is 2. The fourth-order valence-corrected chi connectivity index (χ4v) is 2.55. The van der Waals surface area contributed by atoms with Crippen LogP contribution in [0.3, 0.4) is 0 Å². The van der Waals surface area contributed by atoms with E-state index in [0.29, 0.717) is 16.3 Å². The van der Waals surface area contributed by atoms with Crippen molar-refractivity contribution in [1.82, 2.24) is 5.32 Å². The molecule has 26 heavy (non-hydrogen) atoms. The number of methoxy groups -OCH3 is 2. The van der Waals surface area contributed by atoms with Crippen LogP contribution in [0.1, 0.15) is 22.0 Å². The molecule has 2 N–H and O–H groups in total. The van der Waals surface area contributed by atoms with Crippen molar-refractivity contribution in [2.45, 2.75) is 12.1 Å². The molecule has 0 fully saturated rings. The van der Waals surface area contributed by atoms with Crippen LogP contribution in [-0.4, -0.2) is 37.2 Å². The number of carbonyl (C=O) groups is 2. The quantitative estimate of drug-likeness (QED) is 0.731. The molecule has 0 aliphatic carbocycles. The van der Waals surface area contributed by atoms with E-state index in [-0.39, 0.29) is 10.6 Å². The Morgan fingerprint density at radius 3 is 2.23 bits per heavy atom. The molecule has 0 spiro atoms. The summed E-state index contributed by atoms with van der Waals surface area (Å²) in [7, 11) is 2.68. The van der Waals surface area contributed by atoms with Gasteiger partial charge in [0.15, 0.2) is 6.04 Å². The molecule has 0 saturated carbocycles. The molecule has 138 valence electrons. The van der Waals surface area contributed by atoms with E-state index >= 15 is 0 Å². The van der Waals surface area contributed by atoms with Crippen molar-refractivity contribution in [2.75, 3.05) is 14.2 Å². The highest BCUT2D eigenvalue weighted by molar-refractivity contribution is 6.42. The van der Waals surface area contributed by atoms with Gasteiger partial charge >= 0.3 is 5.97 Å². The van der Waals surface area contributed by atoms with Gasteiger partial charge in [-0.3, -0.25) is 4.79 Å². The molecule has 0 aromatic heterocycles. The minimum atomic E-state index is -1.32. The van der Waals surface area contributed by atoms with Crippen molar-refractivity contribution in [3.63, 3.8) is 0 Å². The Balaban J connectivity index is 2.24. The van der Waals surface area contributed by atoms with E-state index in [1.54, 1.807) is 24.3 Å². The zero-order chi connectivity index (χ0) is 19.3. The van der Waals surface area contributed by atoms with Gasteiger partial charge in [-0.25, -0.2) is 4.79 Å². The van der Waals surface area contributed by atoms with E-state index in [9.17, 15) is 14.7 Å². The van der Waals surface area contributed by atoms with Gasteiger partial charge in [-0.05, 0) is 35.9 Å². The Morgan fingerprint density at radius 2 is 1.69 bits per heavy atom. The number of nitrogens with one attached hydrogen (secondary N) is 1. The molecule has 6 nitrogen and oxygen atoms in total. The summed E-state index contributed by atoms with van der Waals surface area (Å²) in [5, 5.41) is 13.5. The minimum Gasteiger partial charge on any atom is -0.497 e. The molecule has 0 heterocycles. The Kier molecular flexibility index (Phi) is 6.85. The predicted molar refractivity (Wildman–Crippen MR) is 97.7 cm³/mol. The number of carbonyl (C=O) groups excluding carboxylic acids is 2. The number of aliphatic hydroxyl groups is 1. The highest BCUT2D eigenvalue weighted by atomic mass is 35.5. The highest BCUT2D eigenvalue weighted by Gasteiger charge is 2.31. The summed E-state index contributed by atoms with van der Waals surface area (Å²) < 4.78 is 9.75. The lowest BCUT2D eigenvalue weighted by atomic mass is 10.0. The molecule has 0 aliphatic rings. The van der Waals surface area contributed by atoms with Crippen molar-refractivity contribution in [1.29, 1.82) is 0 Å². The SMILES string of the molecule is COC(=O)C(NC(=O)c1ccc(Cl)c(Cl)c1)C(O)c1ccc(OC)cc1. The van der Waals surface area contributed by atoms with Crippen LogP contribution < -0.4 is 10.1 Å². The number of hydrogen-bond acceptors (Lipinski definition) is 5. The molecule has 0 radical (unpaired) electrons. The lowest BCUT2D eigenvalue weighted by molar-refractivity contribution is -0.146. The van der Waals surface area contributed by atoms with Crippen LogP contribution in [0.15, 0.2) is 42.5 Å². The van der Waals surface area contributed by atoms with Crippen LogP contribution in [0.2, 0.25) is 10.0 Å². The minimum absolute atomic E-state index is 0.190. The number of benzene rings is 2. The van der Waals surface area contributed by atoms with Crippen molar-refractivity contribution < 1.29 is 24.2 Å². The predicted octanol–water partition coefficient (Wildman–Crippen LogP) is 3.01. The van der Waals surface area contributed by atoms with Gasteiger partial charge < -0.3 is 19.9 Å². The molecule has 2 aromatic carbocycles. The first-order valence-electron chi connectivity index (χ1n) is 7.53. The zero-order valence-corrected chi connectivity index (χ0v) is 15.5. The van der Waals surface area contributed by atoms with Gasteiger partial charge in [-0.2, -0.15) is 0 Å². The van der Waals surface area contributed by atoms with E-state index in [2.05, 4.69) is 5.32 Å². The average Bonchev–Trinajstić information content (AvgIpc) is 2.66. The highest BCUT2D eigenvalue weighted by Crippen LogP contribution is 2.24. The summed E-state index contributed by atoms with van der Waals surface area (Å²) in [6, 6.07) is 9.42. The van der Waals surface area contributed by atoms with Crippen LogP contribution in [-0.2, 0) is 9.53 Å². The summed E-state index contributed by atoms with van der Waals surface area (Å²) in [5.41, 5.74) is 0.603. The lowest BCUT2D eigenvalue weighted by Gasteiger charge is -2.22. The summed E-state index contributed by atoms with van der Waals surface area (Å²) in [5.74, 6) is -0.802. The zero-order valence-electron chi connectivity index (χ0n) is 14.0. The maximum Gasteiger partial charge on any atom is 0.331 e. The number of rotatable bonds is 6. The van der Waals surface area contributed by atoms with Crippen LogP contribution >= 0.6 is 23.2 Å². The second kappa shape index (κ2) is 8.89. The molecule has 0 saturated heterocycles. The number of amides is 1. The van der Waals surface area contributed by atoms with Gasteiger partial charge in [0.05, 0.1) is 24.3 Å². The van der Waals surface area contributed by atoms with E-state index in [4.69, 9.17) is 32.7 Å². The molecular weight excluding hydrogens is 381 g/mol. The van der Waals surface area contributed by atoms with Gasteiger partial charge in [-0.15, -0.1) is 0 Å². The normalized spacial score (nSPS) is 12.8. The van der Waals surface area contributed by atoms with E-state index in [1.165, 1.54) is 32.4 Å². The first kappa shape index (κ1) is 20.0. The standard InChI is InChI=1S/C18H17Cl2NO5/c1-25-12-6-3-10(4-7-12)16(22)15(18(24)26-2)21-17(23)11-5-8-13(19)14(20)9-11/h3-9,15-16,22H,1-2H3,(H,21,23). The molecule has 2 unspecified atom stereocenters. The van der Waals surface area contributed by atoms with Gasteiger partial charge in [-0.1, -0.05) is 35.3 Å². The molecule has 2 atom stereocenters. The van der Waals surface area contributed by atoms with Crippen LogP contribution in [0, 0.1) is 0 Å². The van der Waals surface area contributed by atoms with E-state index in [1.807, 2.05) is 0 Å². The maximum atomic E-state index is 12.4. The number of hydrogen-bond donors (Lipinski definition) is 2. The van der Waals surface area contributed by atoms with Crippen LogP contribution in [0.5, 0.6) is 5.75 Å². The summed E-state index contributed by atoms with van der Waals surface area (Å²) in [6.45, 7) is 0. The largest absolute Gasteiger partial charge is 0.497 e.